The normalized spacial score (nSPS) is 13.6. The molecule has 0 spiro atoms. The quantitative estimate of drug-likeness (QED) is 0.838. The molecule has 1 rings (SSSR count). The maximum Gasteiger partial charge on any atom is 0.0768 e. The second-order valence-electron chi connectivity index (χ2n) is 6.45. The van der Waals surface area contributed by atoms with E-state index >= 15 is 0 Å². The Hall–Kier alpha value is -0.930. The van der Waals surface area contributed by atoms with Crippen LogP contribution in [0.3, 0.4) is 0 Å². The molecule has 3 heteroatoms. The fraction of sp³-hybridized carbons (Fsp3) is 0.562. The third kappa shape index (κ3) is 5.29. The van der Waals surface area contributed by atoms with Crippen LogP contribution in [0, 0.1) is 5.92 Å². The average molecular weight is 278 g/mol. The summed E-state index contributed by atoms with van der Waals surface area (Å²) in [6.45, 7) is 10.6. The molecule has 0 heterocycles. The first kappa shape index (κ1) is 16.1. The van der Waals surface area contributed by atoms with Crippen LogP contribution in [0.2, 0.25) is 0 Å². The zero-order valence-corrected chi connectivity index (χ0v) is 13.6. The van der Waals surface area contributed by atoms with Gasteiger partial charge in [0.05, 0.1) is 4.99 Å². The summed E-state index contributed by atoms with van der Waals surface area (Å²) >= 11 is 5.01. The average Bonchev–Trinajstić information content (AvgIpc) is 2.28. The number of hydrogen-bond donors (Lipinski definition) is 1. The number of hydrogen-bond acceptors (Lipinski definition) is 2. The summed E-state index contributed by atoms with van der Waals surface area (Å²) in [4.78, 5) is 2.85. The monoisotopic (exact) mass is 278 g/mol. The predicted molar refractivity (Wildman–Crippen MR) is 87.4 cm³/mol. The standard InChI is InChI=1S/C16H26N2S/c1-12(15(17)19)10-18(5)11-13-6-8-14(9-7-13)16(2,3)4/h6-9,12H,10-11H2,1-5H3,(H2,17,19). The molecule has 1 atom stereocenters. The molecule has 0 aromatic heterocycles. The van der Waals surface area contributed by atoms with E-state index in [-0.39, 0.29) is 11.3 Å². The van der Waals surface area contributed by atoms with Crippen molar-refractivity contribution in [3.63, 3.8) is 0 Å². The van der Waals surface area contributed by atoms with Crippen LogP contribution in [0.5, 0.6) is 0 Å². The van der Waals surface area contributed by atoms with Crippen molar-refractivity contribution >= 4 is 17.2 Å². The molecule has 0 radical (unpaired) electrons. The Bertz CT molecular complexity index is 417. The van der Waals surface area contributed by atoms with Gasteiger partial charge < -0.3 is 10.6 Å². The third-order valence-electron chi connectivity index (χ3n) is 3.34. The molecular formula is C16H26N2S. The van der Waals surface area contributed by atoms with Gasteiger partial charge in [0.25, 0.3) is 0 Å². The van der Waals surface area contributed by atoms with E-state index in [1.54, 1.807) is 0 Å². The van der Waals surface area contributed by atoms with E-state index in [0.717, 1.165) is 13.1 Å². The molecule has 0 bridgehead atoms. The summed E-state index contributed by atoms with van der Waals surface area (Å²) in [6, 6.07) is 8.87. The first-order valence-corrected chi connectivity index (χ1v) is 7.18. The highest BCUT2D eigenvalue weighted by molar-refractivity contribution is 7.80. The van der Waals surface area contributed by atoms with Gasteiger partial charge in [-0.25, -0.2) is 0 Å². The minimum absolute atomic E-state index is 0.213. The van der Waals surface area contributed by atoms with Gasteiger partial charge in [-0.2, -0.15) is 0 Å². The second-order valence-corrected chi connectivity index (χ2v) is 6.92. The van der Waals surface area contributed by atoms with Gasteiger partial charge in [0.1, 0.15) is 0 Å². The Morgan fingerprint density at radius 2 is 1.79 bits per heavy atom. The molecule has 0 aliphatic rings. The fourth-order valence-corrected chi connectivity index (χ4v) is 2.12. The van der Waals surface area contributed by atoms with Crippen molar-refractivity contribution in [1.82, 2.24) is 4.90 Å². The van der Waals surface area contributed by atoms with Gasteiger partial charge in [0.2, 0.25) is 0 Å². The lowest BCUT2D eigenvalue weighted by Crippen LogP contribution is -2.31. The maximum absolute atomic E-state index is 5.65. The molecular weight excluding hydrogens is 252 g/mol. The minimum Gasteiger partial charge on any atom is -0.393 e. The van der Waals surface area contributed by atoms with Crippen molar-refractivity contribution in [2.24, 2.45) is 11.7 Å². The SMILES string of the molecule is CC(CN(C)Cc1ccc(C(C)(C)C)cc1)C(N)=S. The van der Waals surface area contributed by atoms with E-state index < -0.39 is 0 Å². The highest BCUT2D eigenvalue weighted by Gasteiger charge is 2.13. The van der Waals surface area contributed by atoms with Crippen LogP contribution >= 0.6 is 12.2 Å². The van der Waals surface area contributed by atoms with E-state index in [4.69, 9.17) is 18.0 Å². The largest absolute Gasteiger partial charge is 0.393 e. The van der Waals surface area contributed by atoms with Crippen LogP contribution in [-0.4, -0.2) is 23.5 Å². The van der Waals surface area contributed by atoms with Gasteiger partial charge in [-0.3, -0.25) is 0 Å². The maximum atomic E-state index is 5.65. The Morgan fingerprint density at radius 3 is 2.21 bits per heavy atom. The Kier molecular flexibility index (Phi) is 5.50. The van der Waals surface area contributed by atoms with Crippen LogP contribution in [0.4, 0.5) is 0 Å². The summed E-state index contributed by atoms with van der Waals surface area (Å²) in [6.07, 6.45) is 0. The Labute approximate surface area is 123 Å². The summed E-state index contributed by atoms with van der Waals surface area (Å²) in [7, 11) is 2.10. The van der Waals surface area contributed by atoms with E-state index in [1.807, 2.05) is 0 Å². The molecule has 0 saturated carbocycles. The van der Waals surface area contributed by atoms with Crippen molar-refractivity contribution in [3.8, 4) is 0 Å². The number of nitrogens with two attached hydrogens (primary N) is 1. The van der Waals surface area contributed by atoms with Gasteiger partial charge in [-0.15, -0.1) is 0 Å². The smallest absolute Gasteiger partial charge is 0.0768 e. The topological polar surface area (TPSA) is 29.3 Å². The summed E-state index contributed by atoms with van der Waals surface area (Å²) in [5, 5.41) is 0. The molecule has 2 N–H and O–H groups in total. The molecule has 0 fully saturated rings. The molecule has 1 aromatic rings. The molecule has 0 saturated heterocycles. The van der Waals surface area contributed by atoms with Gasteiger partial charge >= 0.3 is 0 Å². The molecule has 19 heavy (non-hydrogen) atoms. The van der Waals surface area contributed by atoms with E-state index in [2.05, 4.69) is 63.9 Å². The third-order valence-corrected chi connectivity index (χ3v) is 3.75. The van der Waals surface area contributed by atoms with Crippen molar-refractivity contribution < 1.29 is 0 Å². The summed E-state index contributed by atoms with van der Waals surface area (Å²) in [5.74, 6) is 0.258. The molecule has 0 amide bonds. The Balaban J connectivity index is 2.61. The number of benzene rings is 1. The predicted octanol–water partition coefficient (Wildman–Crippen LogP) is 3.34. The van der Waals surface area contributed by atoms with Crippen molar-refractivity contribution in [2.45, 2.75) is 39.7 Å². The van der Waals surface area contributed by atoms with Gasteiger partial charge in [0.15, 0.2) is 0 Å². The van der Waals surface area contributed by atoms with Crippen molar-refractivity contribution in [2.75, 3.05) is 13.6 Å². The highest BCUT2D eigenvalue weighted by Crippen LogP contribution is 2.22. The number of nitrogens with zero attached hydrogens (tertiary/aromatic N) is 1. The number of rotatable bonds is 5. The molecule has 106 valence electrons. The molecule has 1 unspecified atom stereocenters. The molecule has 0 aliphatic carbocycles. The van der Waals surface area contributed by atoms with Crippen molar-refractivity contribution in [3.05, 3.63) is 35.4 Å². The Morgan fingerprint density at radius 1 is 1.26 bits per heavy atom. The lowest BCUT2D eigenvalue weighted by molar-refractivity contribution is 0.307. The second kappa shape index (κ2) is 6.49. The minimum atomic E-state index is 0.213. The highest BCUT2D eigenvalue weighted by atomic mass is 32.1. The lowest BCUT2D eigenvalue weighted by atomic mass is 9.87. The van der Waals surface area contributed by atoms with E-state index in [1.165, 1.54) is 11.1 Å². The first-order chi connectivity index (χ1) is 8.70. The lowest BCUT2D eigenvalue weighted by Gasteiger charge is -2.22. The van der Waals surface area contributed by atoms with E-state index in [9.17, 15) is 0 Å². The number of thiocarbonyl (C=S) groups is 1. The van der Waals surface area contributed by atoms with Crippen molar-refractivity contribution in [1.29, 1.82) is 0 Å². The van der Waals surface area contributed by atoms with Gasteiger partial charge in [-0.1, -0.05) is 64.2 Å². The summed E-state index contributed by atoms with van der Waals surface area (Å²) < 4.78 is 0. The van der Waals surface area contributed by atoms with Crippen LogP contribution in [0.1, 0.15) is 38.8 Å². The zero-order chi connectivity index (χ0) is 14.6. The van der Waals surface area contributed by atoms with Crippen LogP contribution in [0.15, 0.2) is 24.3 Å². The molecule has 1 aromatic carbocycles. The van der Waals surface area contributed by atoms with E-state index in [0.29, 0.717) is 4.99 Å². The zero-order valence-electron chi connectivity index (χ0n) is 12.7. The van der Waals surface area contributed by atoms with Gasteiger partial charge in [0, 0.05) is 19.0 Å². The van der Waals surface area contributed by atoms with Gasteiger partial charge in [-0.05, 0) is 23.6 Å². The molecule has 2 nitrogen and oxygen atoms in total. The summed E-state index contributed by atoms with van der Waals surface area (Å²) in [5.41, 5.74) is 8.56. The van der Waals surface area contributed by atoms with Crippen LogP contribution in [-0.2, 0) is 12.0 Å². The van der Waals surface area contributed by atoms with Crippen LogP contribution < -0.4 is 5.73 Å². The molecule has 0 aliphatic heterocycles. The van der Waals surface area contributed by atoms with Crippen LogP contribution in [0.25, 0.3) is 0 Å². The fourth-order valence-electron chi connectivity index (χ4n) is 2.04. The first-order valence-electron chi connectivity index (χ1n) is 6.77.